The first kappa shape index (κ1) is 14.8. The van der Waals surface area contributed by atoms with E-state index in [-0.39, 0.29) is 24.6 Å². The molecule has 1 aliphatic carbocycles. The molecule has 0 spiro atoms. The van der Waals surface area contributed by atoms with Crippen molar-refractivity contribution in [3.05, 3.63) is 29.6 Å². The second kappa shape index (κ2) is 6.70. The van der Waals surface area contributed by atoms with Crippen LogP contribution in [0.5, 0.6) is 5.75 Å². The molecule has 0 heterocycles. The predicted octanol–water partition coefficient (Wildman–Crippen LogP) is 2.28. The van der Waals surface area contributed by atoms with Gasteiger partial charge in [0, 0.05) is 23.7 Å². The minimum absolute atomic E-state index is 0.111. The molecule has 1 aromatic rings. The van der Waals surface area contributed by atoms with Crippen molar-refractivity contribution in [3.8, 4) is 5.75 Å². The summed E-state index contributed by atoms with van der Waals surface area (Å²) in [5.74, 6) is -0.237. The summed E-state index contributed by atoms with van der Waals surface area (Å²) in [6, 6.07) is 4.17. The molecule has 1 amide bonds. The van der Waals surface area contributed by atoms with Crippen LogP contribution in [0.4, 0.5) is 4.39 Å². The van der Waals surface area contributed by atoms with Crippen LogP contribution in [0.2, 0.25) is 0 Å². The molecule has 3 N–H and O–H groups in total. The number of rotatable bonds is 5. The van der Waals surface area contributed by atoms with Gasteiger partial charge in [-0.3, -0.25) is 4.79 Å². The van der Waals surface area contributed by atoms with Gasteiger partial charge in [-0.2, -0.15) is 0 Å². The van der Waals surface area contributed by atoms with E-state index in [9.17, 15) is 9.18 Å². The van der Waals surface area contributed by atoms with Crippen molar-refractivity contribution in [2.45, 2.75) is 44.7 Å². The van der Waals surface area contributed by atoms with Crippen molar-refractivity contribution in [3.63, 3.8) is 0 Å². The molecule has 1 aromatic carbocycles. The van der Waals surface area contributed by atoms with Crippen LogP contribution in [0.1, 0.15) is 44.2 Å². The number of benzene rings is 1. The van der Waals surface area contributed by atoms with E-state index in [0.717, 1.165) is 25.7 Å². The quantitative estimate of drug-likeness (QED) is 0.869. The van der Waals surface area contributed by atoms with Gasteiger partial charge < -0.3 is 15.8 Å². The lowest BCUT2D eigenvalue weighted by Gasteiger charge is -2.15. The Balaban J connectivity index is 1.92. The molecule has 0 bridgehead atoms. The number of nitrogens with two attached hydrogens (primary N) is 1. The minimum atomic E-state index is -0.402. The monoisotopic (exact) mass is 280 g/mol. The van der Waals surface area contributed by atoms with E-state index < -0.39 is 5.82 Å². The third-order valence-corrected chi connectivity index (χ3v) is 3.55. The zero-order valence-corrected chi connectivity index (χ0v) is 11.7. The predicted molar refractivity (Wildman–Crippen MR) is 74.9 cm³/mol. The first-order valence-corrected chi connectivity index (χ1v) is 7.03. The maximum atomic E-state index is 13.2. The van der Waals surface area contributed by atoms with Crippen molar-refractivity contribution in [2.24, 2.45) is 5.73 Å². The first-order chi connectivity index (χ1) is 9.56. The molecule has 1 saturated carbocycles. The molecule has 20 heavy (non-hydrogen) atoms. The van der Waals surface area contributed by atoms with Gasteiger partial charge >= 0.3 is 0 Å². The fourth-order valence-electron chi connectivity index (χ4n) is 2.49. The Hall–Kier alpha value is -1.62. The van der Waals surface area contributed by atoms with Crippen molar-refractivity contribution in [1.29, 1.82) is 0 Å². The van der Waals surface area contributed by atoms with E-state index >= 15 is 0 Å². The van der Waals surface area contributed by atoms with E-state index in [0.29, 0.717) is 11.3 Å². The molecule has 0 radical (unpaired) electrons. The highest BCUT2D eigenvalue weighted by Crippen LogP contribution is 2.24. The standard InChI is InChI=1S/C15H21FN2O2/c1-10(17)13-7-6-11(16)8-14(13)20-9-15(19)18-12-4-2-3-5-12/h6-8,10,12H,2-5,9,17H2,1H3,(H,18,19)/t10-/m0/s1. The van der Waals surface area contributed by atoms with Crippen LogP contribution in [0.3, 0.4) is 0 Å². The van der Waals surface area contributed by atoms with Crippen LogP contribution in [-0.4, -0.2) is 18.6 Å². The lowest BCUT2D eigenvalue weighted by molar-refractivity contribution is -0.123. The van der Waals surface area contributed by atoms with E-state index in [4.69, 9.17) is 10.5 Å². The molecular weight excluding hydrogens is 259 g/mol. The smallest absolute Gasteiger partial charge is 0.258 e. The lowest BCUT2D eigenvalue weighted by atomic mass is 10.1. The number of halogens is 1. The molecule has 4 nitrogen and oxygen atoms in total. The number of nitrogens with one attached hydrogen (secondary N) is 1. The average molecular weight is 280 g/mol. The topological polar surface area (TPSA) is 64.3 Å². The maximum absolute atomic E-state index is 13.2. The van der Waals surface area contributed by atoms with Crippen LogP contribution < -0.4 is 15.8 Å². The van der Waals surface area contributed by atoms with Gasteiger partial charge in [0.15, 0.2) is 6.61 Å². The highest BCUT2D eigenvalue weighted by atomic mass is 19.1. The summed E-state index contributed by atoms with van der Waals surface area (Å²) in [7, 11) is 0. The molecule has 0 aliphatic heterocycles. The van der Waals surface area contributed by atoms with Crippen LogP contribution in [0.25, 0.3) is 0 Å². The Labute approximate surface area is 118 Å². The Morgan fingerprint density at radius 3 is 2.85 bits per heavy atom. The molecule has 2 rings (SSSR count). The highest BCUT2D eigenvalue weighted by Gasteiger charge is 2.18. The molecular formula is C15H21FN2O2. The Kier molecular flexibility index (Phi) is 4.95. The number of carbonyl (C=O) groups excluding carboxylic acids is 1. The van der Waals surface area contributed by atoms with Crippen molar-refractivity contribution < 1.29 is 13.9 Å². The number of ether oxygens (including phenoxy) is 1. The van der Waals surface area contributed by atoms with Gasteiger partial charge in [-0.05, 0) is 25.8 Å². The minimum Gasteiger partial charge on any atom is -0.483 e. The summed E-state index contributed by atoms with van der Waals surface area (Å²) in [4.78, 5) is 11.8. The summed E-state index contributed by atoms with van der Waals surface area (Å²) in [5.41, 5.74) is 6.49. The van der Waals surface area contributed by atoms with Crippen molar-refractivity contribution in [1.82, 2.24) is 5.32 Å². The van der Waals surface area contributed by atoms with Gasteiger partial charge in [0.2, 0.25) is 0 Å². The second-order valence-electron chi connectivity index (χ2n) is 5.31. The van der Waals surface area contributed by atoms with E-state index in [1.54, 1.807) is 13.0 Å². The summed E-state index contributed by atoms with van der Waals surface area (Å²) < 4.78 is 18.7. The number of hydrogen-bond acceptors (Lipinski definition) is 3. The molecule has 1 aliphatic rings. The van der Waals surface area contributed by atoms with Crippen molar-refractivity contribution in [2.75, 3.05) is 6.61 Å². The third-order valence-electron chi connectivity index (χ3n) is 3.55. The van der Waals surface area contributed by atoms with E-state index in [2.05, 4.69) is 5.32 Å². The summed E-state index contributed by atoms with van der Waals surface area (Å²) in [5, 5.41) is 2.92. The van der Waals surface area contributed by atoms with Gasteiger partial charge in [0.25, 0.3) is 5.91 Å². The van der Waals surface area contributed by atoms with Gasteiger partial charge in [-0.1, -0.05) is 18.9 Å². The zero-order valence-electron chi connectivity index (χ0n) is 11.7. The average Bonchev–Trinajstić information content (AvgIpc) is 2.89. The summed E-state index contributed by atoms with van der Waals surface area (Å²) >= 11 is 0. The van der Waals surface area contributed by atoms with Crippen LogP contribution in [0.15, 0.2) is 18.2 Å². The highest BCUT2D eigenvalue weighted by molar-refractivity contribution is 5.77. The largest absolute Gasteiger partial charge is 0.483 e. The molecule has 110 valence electrons. The number of amides is 1. The fourth-order valence-corrected chi connectivity index (χ4v) is 2.49. The molecule has 1 fully saturated rings. The lowest BCUT2D eigenvalue weighted by Crippen LogP contribution is -2.36. The van der Waals surface area contributed by atoms with Crippen molar-refractivity contribution >= 4 is 5.91 Å². The Morgan fingerprint density at radius 1 is 1.50 bits per heavy atom. The first-order valence-electron chi connectivity index (χ1n) is 7.03. The Morgan fingerprint density at radius 2 is 2.20 bits per heavy atom. The molecule has 0 saturated heterocycles. The number of hydrogen-bond donors (Lipinski definition) is 2. The van der Waals surface area contributed by atoms with Gasteiger partial charge in [-0.15, -0.1) is 0 Å². The summed E-state index contributed by atoms with van der Waals surface area (Å²) in [6.07, 6.45) is 4.36. The molecule has 0 unspecified atom stereocenters. The Bertz CT molecular complexity index is 471. The van der Waals surface area contributed by atoms with Crippen LogP contribution >= 0.6 is 0 Å². The molecule has 5 heteroatoms. The SMILES string of the molecule is C[C@H](N)c1ccc(F)cc1OCC(=O)NC1CCCC1. The molecule has 0 aromatic heterocycles. The zero-order chi connectivity index (χ0) is 14.5. The fraction of sp³-hybridized carbons (Fsp3) is 0.533. The van der Waals surface area contributed by atoms with Gasteiger partial charge in [0.1, 0.15) is 11.6 Å². The maximum Gasteiger partial charge on any atom is 0.258 e. The van der Waals surface area contributed by atoms with E-state index in [1.807, 2.05) is 0 Å². The second-order valence-corrected chi connectivity index (χ2v) is 5.31. The molecule has 1 atom stereocenters. The van der Waals surface area contributed by atoms with Gasteiger partial charge in [0.05, 0.1) is 0 Å². The van der Waals surface area contributed by atoms with E-state index in [1.165, 1.54) is 12.1 Å². The normalized spacial score (nSPS) is 16.9. The third kappa shape index (κ3) is 3.93. The van der Waals surface area contributed by atoms with Gasteiger partial charge in [-0.25, -0.2) is 4.39 Å². The number of carbonyl (C=O) groups is 1. The summed E-state index contributed by atoms with van der Waals surface area (Å²) in [6.45, 7) is 1.68. The van der Waals surface area contributed by atoms with Crippen LogP contribution in [-0.2, 0) is 4.79 Å². The van der Waals surface area contributed by atoms with Crippen LogP contribution in [0, 0.1) is 5.82 Å².